The van der Waals surface area contributed by atoms with Gasteiger partial charge in [-0.05, 0) is 43.9 Å². The maximum Gasteiger partial charge on any atom is 0.245 e. The van der Waals surface area contributed by atoms with Crippen LogP contribution in [0.25, 0.3) is 21.9 Å². The Kier molecular flexibility index (Phi) is 6.67. The number of imidazole rings is 1. The maximum absolute atomic E-state index is 13.2. The normalized spacial score (nSPS) is 15.2. The number of anilines is 1. The summed E-state index contributed by atoms with van der Waals surface area (Å²) in [6.45, 7) is 5.69. The number of rotatable bonds is 10. The van der Waals surface area contributed by atoms with Gasteiger partial charge in [0, 0.05) is 43.3 Å². The number of aromatic nitrogens is 4. The second-order valence-corrected chi connectivity index (χ2v) is 11.5. The Hall–Kier alpha value is -3.08. The van der Waals surface area contributed by atoms with Crippen molar-refractivity contribution in [1.29, 1.82) is 0 Å². The maximum atomic E-state index is 13.2. The second kappa shape index (κ2) is 9.76. The monoisotopic (exact) mass is 508 g/mol. The number of pyridine rings is 2. The molecule has 10 heteroatoms. The molecule has 3 heterocycles. The lowest BCUT2D eigenvalue weighted by atomic mass is 10.1. The third kappa shape index (κ3) is 4.68. The smallest absolute Gasteiger partial charge is 0.245 e. The second-order valence-electron chi connectivity index (χ2n) is 9.53. The Morgan fingerprint density at radius 2 is 1.94 bits per heavy atom. The fraction of sp³-hybridized carbons (Fsp3) is 0.423. The molecule has 1 aliphatic carbocycles. The number of nitrogens with two attached hydrogens (primary N) is 1. The zero-order valence-corrected chi connectivity index (χ0v) is 21.7. The molecule has 1 aromatic carbocycles. The average molecular weight is 509 g/mol. The van der Waals surface area contributed by atoms with Gasteiger partial charge in [-0.25, -0.2) is 18.4 Å². The minimum atomic E-state index is -3.70. The first-order valence-electron chi connectivity index (χ1n) is 12.3. The van der Waals surface area contributed by atoms with Gasteiger partial charge in [0.05, 0.1) is 24.2 Å². The van der Waals surface area contributed by atoms with E-state index < -0.39 is 10.0 Å². The summed E-state index contributed by atoms with van der Waals surface area (Å²) in [6, 6.07) is 10.9. The molecule has 36 heavy (non-hydrogen) atoms. The number of nitrogens with zero attached hydrogens (tertiary/aromatic N) is 5. The molecule has 190 valence electrons. The van der Waals surface area contributed by atoms with Crippen LogP contribution in [-0.2, 0) is 21.3 Å². The van der Waals surface area contributed by atoms with E-state index in [1.165, 1.54) is 17.1 Å². The first kappa shape index (κ1) is 24.6. The fourth-order valence-electron chi connectivity index (χ4n) is 4.70. The van der Waals surface area contributed by atoms with Gasteiger partial charge in [0.25, 0.3) is 0 Å². The molecule has 2 N–H and O–H groups in total. The SMILES string of the molecule is Cc1cc2c(nc(C(C)C3CC3)n2CCOCCN(C)S(=O)(=O)c2cccc3cccnc23)c(N)n1. The van der Waals surface area contributed by atoms with Crippen molar-refractivity contribution in [2.75, 3.05) is 32.5 Å². The third-order valence-corrected chi connectivity index (χ3v) is 8.84. The van der Waals surface area contributed by atoms with Crippen LogP contribution in [0.4, 0.5) is 5.82 Å². The lowest BCUT2D eigenvalue weighted by Crippen LogP contribution is -2.30. The number of sulfonamides is 1. The Bertz CT molecular complexity index is 1510. The van der Waals surface area contributed by atoms with Crippen molar-refractivity contribution < 1.29 is 13.2 Å². The van der Waals surface area contributed by atoms with Crippen LogP contribution in [0.1, 0.15) is 37.2 Å². The topological polar surface area (TPSA) is 116 Å². The summed E-state index contributed by atoms with van der Waals surface area (Å²) in [6.07, 6.45) is 4.05. The minimum absolute atomic E-state index is 0.202. The highest BCUT2D eigenvalue weighted by Crippen LogP contribution is 2.42. The van der Waals surface area contributed by atoms with Crippen molar-refractivity contribution in [3.63, 3.8) is 0 Å². The third-order valence-electron chi connectivity index (χ3n) is 6.95. The lowest BCUT2D eigenvalue weighted by Gasteiger charge is -2.18. The summed E-state index contributed by atoms with van der Waals surface area (Å²) in [5.74, 6) is 2.45. The first-order chi connectivity index (χ1) is 17.3. The molecule has 1 atom stereocenters. The Morgan fingerprint density at radius 1 is 1.17 bits per heavy atom. The average Bonchev–Trinajstić information content (AvgIpc) is 3.65. The molecule has 0 aliphatic heterocycles. The van der Waals surface area contributed by atoms with Crippen molar-refractivity contribution in [3.8, 4) is 0 Å². The summed E-state index contributed by atoms with van der Waals surface area (Å²) < 4.78 is 35.8. The van der Waals surface area contributed by atoms with Crippen LogP contribution in [0, 0.1) is 12.8 Å². The van der Waals surface area contributed by atoms with Gasteiger partial charge in [0.15, 0.2) is 5.82 Å². The van der Waals surface area contributed by atoms with Crippen LogP contribution in [0.15, 0.2) is 47.5 Å². The van der Waals surface area contributed by atoms with Crippen molar-refractivity contribution in [3.05, 3.63) is 54.1 Å². The van der Waals surface area contributed by atoms with Crippen molar-refractivity contribution >= 4 is 37.8 Å². The van der Waals surface area contributed by atoms with Crippen LogP contribution in [-0.4, -0.2) is 59.0 Å². The van der Waals surface area contributed by atoms with Gasteiger partial charge >= 0.3 is 0 Å². The molecular weight excluding hydrogens is 476 g/mol. The van der Waals surface area contributed by atoms with Gasteiger partial charge in [-0.1, -0.05) is 25.1 Å². The molecule has 0 spiro atoms. The number of benzene rings is 1. The standard InChI is InChI=1S/C26H32N6O3S/c1-17-16-21-24(25(27)29-17)30-26(18(2)19-9-10-19)32(21)13-15-35-14-12-31(3)36(33,34)22-8-4-6-20-7-5-11-28-23(20)22/h4-8,11,16,18-19H,9-10,12-15H2,1-3H3,(H2,27,29). The van der Waals surface area contributed by atoms with Gasteiger partial charge in [0.2, 0.25) is 10.0 Å². The predicted octanol–water partition coefficient (Wildman–Crippen LogP) is 3.72. The van der Waals surface area contributed by atoms with E-state index in [1.54, 1.807) is 31.4 Å². The number of ether oxygens (including phenoxy) is 1. The molecule has 1 aliphatic rings. The molecule has 0 bridgehead atoms. The molecule has 0 amide bonds. The molecule has 3 aromatic heterocycles. The molecule has 0 radical (unpaired) electrons. The highest BCUT2D eigenvalue weighted by atomic mass is 32.2. The van der Waals surface area contributed by atoms with Crippen LogP contribution in [0.2, 0.25) is 0 Å². The van der Waals surface area contributed by atoms with Crippen molar-refractivity contribution in [2.45, 2.75) is 44.0 Å². The minimum Gasteiger partial charge on any atom is -0.382 e. The largest absolute Gasteiger partial charge is 0.382 e. The summed E-state index contributed by atoms with van der Waals surface area (Å²) in [5, 5.41) is 0.790. The molecule has 9 nitrogen and oxygen atoms in total. The zero-order valence-electron chi connectivity index (χ0n) is 20.9. The van der Waals surface area contributed by atoms with E-state index in [1.807, 2.05) is 25.1 Å². The summed E-state index contributed by atoms with van der Waals surface area (Å²) in [4.78, 5) is 13.7. The van der Waals surface area contributed by atoms with Gasteiger partial charge < -0.3 is 15.0 Å². The number of likely N-dealkylation sites (N-methyl/N-ethyl adjacent to an activating group) is 1. The highest BCUT2D eigenvalue weighted by Gasteiger charge is 2.32. The van der Waals surface area contributed by atoms with Gasteiger partial charge in [-0.15, -0.1) is 0 Å². The lowest BCUT2D eigenvalue weighted by molar-refractivity contribution is 0.119. The summed E-state index contributed by atoms with van der Waals surface area (Å²) >= 11 is 0. The number of nitrogen functional groups attached to an aromatic ring is 1. The quantitative estimate of drug-likeness (QED) is 0.325. The fourth-order valence-corrected chi connectivity index (χ4v) is 6.02. The van der Waals surface area contributed by atoms with E-state index >= 15 is 0 Å². The number of para-hydroxylation sites is 1. The van der Waals surface area contributed by atoms with E-state index in [-0.39, 0.29) is 18.0 Å². The van der Waals surface area contributed by atoms with Gasteiger partial charge in [0.1, 0.15) is 16.2 Å². The molecule has 1 unspecified atom stereocenters. The number of hydrogen-bond acceptors (Lipinski definition) is 7. The van der Waals surface area contributed by atoms with E-state index in [4.69, 9.17) is 15.5 Å². The van der Waals surface area contributed by atoms with Gasteiger partial charge in [-0.3, -0.25) is 4.98 Å². The van der Waals surface area contributed by atoms with E-state index in [0.29, 0.717) is 36.3 Å². The van der Waals surface area contributed by atoms with E-state index in [0.717, 1.165) is 27.9 Å². The Morgan fingerprint density at radius 3 is 2.72 bits per heavy atom. The Labute approximate surface area is 211 Å². The molecule has 5 rings (SSSR count). The predicted molar refractivity (Wildman–Crippen MR) is 140 cm³/mol. The van der Waals surface area contributed by atoms with Crippen LogP contribution in [0.5, 0.6) is 0 Å². The molecule has 0 saturated heterocycles. The number of hydrogen-bond donors (Lipinski definition) is 1. The number of fused-ring (bicyclic) bond motifs is 2. The first-order valence-corrected chi connectivity index (χ1v) is 13.7. The highest BCUT2D eigenvalue weighted by molar-refractivity contribution is 7.89. The van der Waals surface area contributed by atoms with E-state index in [9.17, 15) is 8.42 Å². The summed E-state index contributed by atoms with van der Waals surface area (Å²) in [5.41, 5.74) is 9.20. The number of aryl methyl sites for hydroxylation is 1. The van der Waals surface area contributed by atoms with Crippen LogP contribution >= 0.6 is 0 Å². The van der Waals surface area contributed by atoms with Crippen LogP contribution in [0.3, 0.4) is 0 Å². The molecule has 1 fully saturated rings. The zero-order chi connectivity index (χ0) is 25.4. The molecule has 1 saturated carbocycles. The van der Waals surface area contributed by atoms with E-state index in [2.05, 4.69) is 21.5 Å². The van der Waals surface area contributed by atoms with Crippen LogP contribution < -0.4 is 5.73 Å². The Balaban J connectivity index is 1.25. The molecule has 4 aromatic rings. The van der Waals surface area contributed by atoms with Crippen molar-refractivity contribution in [2.24, 2.45) is 5.92 Å². The van der Waals surface area contributed by atoms with Crippen molar-refractivity contribution in [1.82, 2.24) is 23.8 Å². The molecular formula is C26H32N6O3S. The van der Waals surface area contributed by atoms with Gasteiger partial charge in [-0.2, -0.15) is 4.31 Å². The summed E-state index contributed by atoms with van der Waals surface area (Å²) in [7, 11) is -2.13.